The molecule has 0 aromatic rings. The van der Waals surface area contributed by atoms with Gasteiger partial charge in [0, 0.05) is 24.0 Å². The molecule has 0 aromatic carbocycles. The average Bonchev–Trinajstić information content (AvgIpc) is 3.06. The van der Waals surface area contributed by atoms with Crippen LogP contribution in [-0.4, -0.2) is 47.9 Å². The number of aliphatic hydroxyl groups is 1. The summed E-state index contributed by atoms with van der Waals surface area (Å²) in [6.07, 6.45) is 1.78. The molecule has 2 aliphatic carbocycles. The first-order valence-corrected chi connectivity index (χ1v) is 9.57. The van der Waals surface area contributed by atoms with E-state index in [-0.39, 0.29) is 29.6 Å². The molecule has 0 bridgehead atoms. The van der Waals surface area contributed by atoms with Gasteiger partial charge in [0.15, 0.2) is 0 Å². The predicted octanol–water partition coefficient (Wildman–Crippen LogP) is 2.02. The Morgan fingerprint density at radius 1 is 1.31 bits per heavy atom. The van der Waals surface area contributed by atoms with Crippen LogP contribution in [0.25, 0.3) is 0 Å². The molecule has 1 heterocycles. The first-order valence-electron chi connectivity index (χ1n) is 9.57. The summed E-state index contributed by atoms with van der Waals surface area (Å²) in [7, 11) is 0. The van der Waals surface area contributed by atoms with Crippen LogP contribution in [0.2, 0.25) is 0 Å². The van der Waals surface area contributed by atoms with Gasteiger partial charge >= 0.3 is 17.9 Å². The zero-order valence-electron chi connectivity index (χ0n) is 16.8. The molecular weight excluding hydrogens is 376 g/mol. The van der Waals surface area contributed by atoms with Crippen LogP contribution >= 0.6 is 0 Å². The molecular formula is C22H26O7. The number of hydrogen-bond donors (Lipinski definition) is 1. The molecule has 1 aliphatic heterocycles. The van der Waals surface area contributed by atoms with Crippen LogP contribution in [0.1, 0.15) is 27.2 Å². The molecule has 156 valence electrons. The molecule has 6 atom stereocenters. The molecule has 1 saturated carbocycles. The number of fused-ring (bicyclic) bond motifs is 3. The van der Waals surface area contributed by atoms with E-state index in [2.05, 4.69) is 13.2 Å². The number of allylic oxidation sites excluding steroid dienone is 1. The highest BCUT2D eigenvalue weighted by molar-refractivity contribution is 5.92. The van der Waals surface area contributed by atoms with E-state index in [1.165, 1.54) is 13.0 Å². The minimum atomic E-state index is -0.737. The molecule has 0 amide bonds. The van der Waals surface area contributed by atoms with Crippen LogP contribution < -0.4 is 0 Å². The van der Waals surface area contributed by atoms with Crippen LogP contribution in [0, 0.1) is 17.8 Å². The van der Waals surface area contributed by atoms with E-state index in [0.717, 1.165) is 5.57 Å². The van der Waals surface area contributed by atoms with Crippen molar-refractivity contribution in [1.82, 2.24) is 0 Å². The molecule has 1 saturated heterocycles. The van der Waals surface area contributed by atoms with Crippen molar-refractivity contribution in [3.8, 4) is 0 Å². The average molecular weight is 402 g/mol. The molecule has 3 rings (SSSR count). The monoisotopic (exact) mass is 402 g/mol. The van der Waals surface area contributed by atoms with Crippen LogP contribution in [-0.2, 0) is 28.6 Å². The largest absolute Gasteiger partial charge is 0.462 e. The second-order valence-corrected chi connectivity index (χ2v) is 7.85. The Hall–Kier alpha value is -2.67. The van der Waals surface area contributed by atoms with Gasteiger partial charge < -0.3 is 19.3 Å². The minimum Gasteiger partial charge on any atom is -0.462 e. The SMILES string of the molecule is C=C1C(=O)O[C@@H]2[C@H]3C(=C)[C@@H](O)C[C@H]3C(C)=C[C@H](OC(=O)/C(C)=C\COC(C)=O)[C@@H]12. The van der Waals surface area contributed by atoms with Crippen LogP contribution in [0.15, 0.2) is 47.6 Å². The third kappa shape index (κ3) is 3.92. The van der Waals surface area contributed by atoms with E-state index in [1.807, 2.05) is 13.0 Å². The van der Waals surface area contributed by atoms with Crippen molar-refractivity contribution in [2.75, 3.05) is 6.61 Å². The first kappa shape index (κ1) is 21.0. The summed E-state index contributed by atoms with van der Waals surface area (Å²) in [5, 5.41) is 10.3. The number of carbonyl (C=O) groups excluding carboxylic acids is 3. The molecule has 0 spiro atoms. The minimum absolute atomic E-state index is 0.0297. The maximum absolute atomic E-state index is 12.6. The summed E-state index contributed by atoms with van der Waals surface area (Å²) in [5.41, 5.74) is 2.11. The van der Waals surface area contributed by atoms with Crippen molar-refractivity contribution < 1.29 is 33.7 Å². The van der Waals surface area contributed by atoms with Gasteiger partial charge in [-0.2, -0.15) is 0 Å². The third-order valence-corrected chi connectivity index (χ3v) is 5.99. The van der Waals surface area contributed by atoms with Crippen molar-refractivity contribution in [2.24, 2.45) is 17.8 Å². The standard InChI is InChI=1S/C22H26O7/c1-10(6-7-27-14(5)23)21(25)28-17-8-11(2)15-9-16(24)12(3)18(15)20-19(17)13(4)22(26)29-20/h6,8,15-20,24H,3-4,7,9H2,1-2,5H3/b10-6-/t15-,16-,17-,18-,19+,20+/m0/s1. The second-order valence-electron chi connectivity index (χ2n) is 7.85. The predicted molar refractivity (Wildman–Crippen MR) is 103 cm³/mol. The zero-order valence-corrected chi connectivity index (χ0v) is 16.8. The molecule has 1 N–H and O–H groups in total. The highest BCUT2D eigenvalue weighted by atomic mass is 16.6. The number of aliphatic hydroxyl groups excluding tert-OH is 1. The van der Waals surface area contributed by atoms with E-state index in [9.17, 15) is 19.5 Å². The van der Waals surface area contributed by atoms with E-state index < -0.39 is 42.1 Å². The lowest BCUT2D eigenvalue weighted by atomic mass is 9.80. The number of rotatable bonds is 4. The molecule has 0 radical (unpaired) electrons. The lowest BCUT2D eigenvalue weighted by molar-refractivity contribution is -0.146. The van der Waals surface area contributed by atoms with Gasteiger partial charge in [-0.05, 0) is 43.9 Å². The third-order valence-electron chi connectivity index (χ3n) is 5.99. The lowest BCUT2D eigenvalue weighted by Gasteiger charge is -2.28. The van der Waals surface area contributed by atoms with Crippen molar-refractivity contribution in [3.63, 3.8) is 0 Å². The highest BCUT2D eigenvalue weighted by Crippen LogP contribution is 2.51. The Labute approximate surface area is 169 Å². The Morgan fingerprint density at radius 2 is 2.00 bits per heavy atom. The number of hydrogen-bond acceptors (Lipinski definition) is 7. The van der Waals surface area contributed by atoms with E-state index in [1.54, 1.807) is 6.92 Å². The number of ether oxygens (including phenoxy) is 3. The summed E-state index contributed by atoms with van der Waals surface area (Å²) in [4.78, 5) is 35.7. The Bertz CT molecular complexity index is 834. The Kier molecular flexibility index (Phi) is 5.80. The summed E-state index contributed by atoms with van der Waals surface area (Å²) in [6, 6.07) is 0. The molecule has 2 fully saturated rings. The maximum atomic E-state index is 12.6. The zero-order chi connectivity index (χ0) is 21.5. The van der Waals surface area contributed by atoms with Gasteiger partial charge in [0.05, 0.1) is 12.0 Å². The Balaban J connectivity index is 1.87. The molecule has 7 nitrogen and oxygen atoms in total. The van der Waals surface area contributed by atoms with Gasteiger partial charge in [-0.1, -0.05) is 18.7 Å². The molecule has 0 aromatic heterocycles. The van der Waals surface area contributed by atoms with Gasteiger partial charge in [-0.3, -0.25) is 4.79 Å². The van der Waals surface area contributed by atoms with E-state index in [4.69, 9.17) is 14.2 Å². The van der Waals surface area contributed by atoms with Crippen molar-refractivity contribution in [3.05, 3.63) is 47.6 Å². The van der Waals surface area contributed by atoms with Gasteiger partial charge in [0.1, 0.15) is 18.8 Å². The summed E-state index contributed by atoms with van der Waals surface area (Å²) in [5.74, 6) is -2.40. The summed E-state index contributed by atoms with van der Waals surface area (Å²) >= 11 is 0. The number of esters is 3. The molecule has 0 unspecified atom stereocenters. The van der Waals surface area contributed by atoms with Crippen LogP contribution in [0.5, 0.6) is 0 Å². The summed E-state index contributed by atoms with van der Waals surface area (Å²) < 4.78 is 16.1. The van der Waals surface area contributed by atoms with Crippen LogP contribution in [0.3, 0.4) is 0 Å². The summed E-state index contributed by atoms with van der Waals surface area (Å²) in [6.45, 7) is 12.6. The topological polar surface area (TPSA) is 99.1 Å². The molecule has 3 aliphatic rings. The van der Waals surface area contributed by atoms with Crippen molar-refractivity contribution in [1.29, 1.82) is 0 Å². The maximum Gasteiger partial charge on any atom is 0.334 e. The fraction of sp³-hybridized carbons (Fsp3) is 0.500. The van der Waals surface area contributed by atoms with Gasteiger partial charge in [-0.15, -0.1) is 0 Å². The number of carbonyl (C=O) groups is 3. The van der Waals surface area contributed by atoms with Gasteiger partial charge in [0.25, 0.3) is 0 Å². The molecule has 7 heteroatoms. The van der Waals surface area contributed by atoms with E-state index >= 15 is 0 Å². The highest BCUT2D eigenvalue weighted by Gasteiger charge is 2.55. The first-order chi connectivity index (χ1) is 13.6. The van der Waals surface area contributed by atoms with Crippen LogP contribution in [0.4, 0.5) is 0 Å². The van der Waals surface area contributed by atoms with Gasteiger partial charge in [-0.25, -0.2) is 9.59 Å². The van der Waals surface area contributed by atoms with Crippen molar-refractivity contribution in [2.45, 2.75) is 45.5 Å². The molecule has 29 heavy (non-hydrogen) atoms. The quantitative estimate of drug-likeness (QED) is 0.332. The lowest BCUT2D eigenvalue weighted by Crippen LogP contribution is -2.36. The Morgan fingerprint density at radius 3 is 2.66 bits per heavy atom. The fourth-order valence-electron chi connectivity index (χ4n) is 4.39. The van der Waals surface area contributed by atoms with Crippen molar-refractivity contribution >= 4 is 17.9 Å². The second kappa shape index (κ2) is 7.99. The normalized spacial score (nSPS) is 34.0. The fourth-order valence-corrected chi connectivity index (χ4v) is 4.39. The van der Waals surface area contributed by atoms with E-state index in [0.29, 0.717) is 12.0 Å². The smallest absolute Gasteiger partial charge is 0.334 e. The van der Waals surface area contributed by atoms with Gasteiger partial charge in [0.2, 0.25) is 0 Å².